The van der Waals surface area contributed by atoms with Gasteiger partial charge in [0.05, 0.1) is 12.2 Å². The molecule has 33 heavy (non-hydrogen) atoms. The van der Waals surface area contributed by atoms with Crippen molar-refractivity contribution in [3.05, 3.63) is 82.2 Å². The van der Waals surface area contributed by atoms with Crippen LogP contribution < -0.4 is 10.1 Å². The van der Waals surface area contributed by atoms with Gasteiger partial charge in [-0.1, -0.05) is 6.07 Å². The summed E-state index contributed by atoms with van der Waals surface area (Å²) in [5.41, 5.74) is 4.82. The van der Waals surface area contributed by atoms with E-state index in [4.69, 9.17) is 4.74 Å². The van der Waals surface area contributed by atoms with Crippen LogP contribution in [-0.4, -0.2) is 28.2 Å². The fraction of sp³-hybridized carbons (Fsp3) is 0.192. The van der Waals surface area contributed by atoms with E-state index in [9.17, 15) is 20.0 Å². The van der Waals surface area contributed by atoms with Gasteiger partial charge in [-0.15, -0.1) is 0 Å². The summed E-state index contributed by atoms with van der Waals surface area (Å²) in [5.74, 6) is -0.866. The molecule has 0 saturated heterocycles. The third-order valence-electron chi connectivity index (χ3n) is 5.22. The van der Waals surface area contributed by atoms with E-state index in [2.05, 4.69) is 5.32 Å². The third-order valence-corrected chi connectivity index (χ3v) is 5.22. The summed E-state index contributed by atoms with van der Waals surface area (Å²) in [6.07, 6.45) is 1.56. The number of amides is 1. The summed E-state index contributed by atoms with van der Waals surface area (Å²) in [7, 11) is 0. The zero-order valence-corrected chi connectivity index (χ0v) is 19.0. The Hall–Kier alpha value is -4.31. The van der Waals surface area contributed by atoms with Crippen molar-refractivity contribution in [2.45, 2.75) is 27.7 Å². The molecule has 7 nitrogen and oxygen atoms in total. The molecule has 0 atom stereocenters. The Balaban J connectivity index is 1.92. The molecule has 0 radical (unpaired) electrons. The average Bonchev–Trinajstić information content (AvgIpc) is 3.05. The predicted molar refractivity (Wildman–Crippen MR) is 127 cm³/mol. The first-order chi connectivity index (χ1) is 15.7. The molecule has 0 spiro atoms. The van der Waals surface area contributed by atoms with E-state index in [0.29, 0.717) is 18.0 Å². The van der Waals surface area contributed by atoms with Crippen molar-refractivity contribution >= 4 is 23.6 Å². The van der Waals surface area contributed by atoms with Gasteiger partial charge >= 0.3 is 5.97 Å². The molecule has 168 valence electrons. The van der Waals surface area contributed by atoms with Crippen LogP contribution in [0.25, 0.3) is 11.8 Å². The SMILES string of the molecule is CCOc1cccc(NC(=O)/C(C#N)=C\c2cc(C)n(-c3ccc(C(=O)O)cc3C)c2C)c1. The number of carboxylic acid groups (broad SMARTS) is 1. The number of carbonyl (C=O) groups is 2. The highest BCUT2D eigenvalue weighted by atomic mass is 16.5. The van der Waals surface area contributed by atoms with Gasteiger partial charge in [-0.25, -0.2) is 4.79 Å². The molecule has 2 N–H and O–H groups in total. The zero-order valence-electron chi connectivity index (χ0n) is 19.0. The number of carbonyl (C=O) groups excluding carboxylic acids is 1. The molecule has 1 amide bonds. The summed E-state index contributed by atoms with van der Waals surface area (Å²) < 4.78 is 7.43. The van der Waals surface area contributed by atoms with Crippen LogP contribution in [0.2, 0.25) is 0 Å². The molecule has 0 aliphatic carbocycles. The van der Waals surface area contributed by atoms with Crippen molar-refractivity contribution < 1.29 is 19.4 Å². The van der Waals surface area contributed by atoms with Gasteiger partial charge in [0.1, 0.15) is 17.4 Å². The Bertz CT molecular complexity index is 1300. The van der Waals surface area contributed by atoms with E-state index < -0.39 is 11.9 Å². The Morgan fingerprint density at radius 1 is 1.15 bits per heavy atom. The molecule has 0 saturated carbocycles. The molecule has 0 bridgehead atoms. The molecule has 3 rings (SSSR count). The highest BCUT2D eigenvalue weighted by Crippen LogP contribution is 2.26. The number of aromatic nitrogens is 1. The minimum atomic E-state index is -0.981. The van der Waals surface area contributed by atoms with Crippen LogP contribution in [-0.2, 0) is 4.79 Å². The lowest BCUT2D eigenvalue weighted by Crippen LogP contribution is -2.13. The second kappa shape index (κ2) is 9.88. The van der Waals surface area contributed by atoms with Gasteiger partial charge in [-0.05, 0) is 81.3 Å². The molecule has 0 unspecified atom stereocenters. The average molecular weight is 444 g/mol. The van der Waals surface area contributed by atoms with Crippen molar-refractivity contribution in [3.8, 4) is 17.5 Å². The quantitative estimate of drug-likeness (QED) is 0.393. The normalized spacial score (nSPS) is 11.1. The van der Waals surface area contributed by atoms with Crippen LogP contribution in [0.15, 0.2) is 54.1 Å². The van der Waals surface area contributed by atoms with Crippen LogP contribution >= 0.6 is 0 Å². The van der Waals surface area contributed by atoms with Gasteiger partial charge in [0, 0.05) is 28.8 Å². The second-order valence-electron chi connectivity index (χ2n) is 7.55. The van der Waals surface area contributed by atoms with Crippen LogP contribution in [0.1, 0.15) is 39.8 Å². The molecule has 0 aliphatic heterocycles. The number of nitriles is 1. The monoisotopic (exact) mass is 443 g/mol. The standard InChI is InChI=1S/C26H25N3O4/c1-5-33-23-8-6-7-22(14-23)28-25(30)21(15-27)13-20-12-17(3)29(18(20)4)24-10-9-19(26(31)32)11-16(24)2/h6-14H,5H2,1-4H3,(H,28,30)(H,31,32)/b21-13-. The fourth-order valence-electron chi connectivity index (χ4n) is 3.68. The molecule has 2 aromatic carbocycles. The van der Waals surface area contributed by atoms with Crippen molar-refractivity contribution in [2.75, 3.05) is 11.9 Å². The molecule has 3 aromatic rings. The first-order valence-electron chi connectivity index (χ1n) is 10.4. The smallest absolute Gasteiger partial charge is 0.335 e. The van der Waals surface area contributed by atoms with Crippen LogP contribution in [0.5, 0.6) is 5.75 Å². The van der Waals surface area contributed by atoms with E-state index in [1.165, 1.54) is 0 Å². The number of aryl methyl sites for hydroxylation is 2. The minimum Gasteiger partial charge on any atom is -0.494 e. The van der Waals surface area contributed by atoms with Crippen molar-refractivity contribution in [1.82, 2.24) is 4.57 Å². The van der Waals surface area contributed by atoms with Gasteiger partial charge in [0.25, 0.3) is 5.91 Å². The summed E-state index contributed by atoms with van der Waals surface area (Å²) in [5, 5.41) is 21.6. The molecular weight excluding hydrogens is 418 g/mol. The third kappa shape index (κ3) is 5.13. The lowest BCUT2D eigenvalue weighted by molar-refractivity contribution is -0.112. The van der Waals surface area contributed by atoms with Gasteiger partial charge in [0.2, 0.25) is 0 Å². The lowest BCUT2D eigenvalue weighted by Gasteiger charge is -2.13. The van der Waals surface area contributed by atoms with Crippen molar-refractivity contribution in [3.63, 3.8) is 0 Å². The molecule has 0 fully saturated rings. The molecule has 0 aliphatic rings. The topological polar surface area (TPSA) is 104 Å². The Morgan fingerprint density at radius 2 is 1.91 bits per heavy atom. The van der Waals surface area contributed by atoms with E-state index in [0.717, 1.165) is 28.2 Å². The maximum absolute atomic E-state index is 12.7. The molecular formula is C26H25N3O4. The first-order valence-corrected chi connectivity index (χ1v) is 10.4. The van der Waals surface area contributed by atoms with Crippen LogP contribution in [0, 0.1) is 32.1 Å². The number of nitrogens with zero attached hydrogens (tertiary/aromatic N) is 2. The molecule has 1 heterocycles. The van der Waals surface area contributed by atoms with Crippen LogP contribution in [0.4, 0.5) is 5.69 Å². The molecule has 1 aromatic heterocycles. The maximum Gasteiger partial charge on any atom is 0.335 e. The Labute approximate surface area is 192 Å². The largest absolute Gasteiger partial charge is 0.494 e. The van der Waals surface area contributed by atoms with E-state index in [1.807, 2.05) is 44.4 Å². The summed E-state index contributed by atoms with van der Waals surface area (Å²) in [6, 6.07) is 15.8. The number of aromatic carboxylic acids is 1. The van der Waals surface area contributed by atoms with Crippen molar-refractivity contribution in [2.24, 2.45) is 0 Å². The van der Waals surface area contributed by atoms with E-state index in [1.54, 1.807) is 48.5 Å². The number of ether oxygens (including phenoxy) is 1. The van der Waals surface area contributed by atoms with Gasteiger partial charge < -0.3 is 19.7 Å². The number of hydrogen-bond donors (Lipinski definition) is 2. The van der Waals surface area contributed by atoms with E-state index in [-0.39, 0.29) is 11.1 Å². The first kappa shape index (κ1) is 23.4. The Kier molecular flexibility index (Phi) is 6.99. The summed E-state index contributed by atoms with van der Waals surface area (Å²) >= 11 is 0. The molecule has 7 heteroatoms. The Morgan fingerprint density at radius 3 is 2.55 bits per heavy atom. The maximum atomic E-state index is 12.7. The van der Waals surface area contributed by atoms with Crippen LogP contribution in [0.3, 0.4) is 0 Å². The van der Waals surface area contributed by atoms with Gasteiger partial charge in [0.15, 0.2) is 0 Å². The highest BCUT2D eigenvalue weighted by Gasteiger charge is 2.16. The lowest BCUT2D eigenvalue weighted by atomic mass is 10.1. The summed E-state index contributed by atoms with van der Waals surface area (Å²) in [6.45, 7) is 8.04. The number of anilines is 1. The van der Waals surface area contributed by atoms with E-state index >= 15 is 0 Å². The predicted octanol–water partition coefficient (Wildman–Crippen LogP) is 5.05. The summed E-state index contributed by atoms with van der Waals surface area (Å²) in [4.78, 5) is 24.0. The number of rotatable bonds is 7. The van der Waals surface area contributed by atoms with Gasteiger partial charge in [-0.3, -0.25) is 4.79 Å². The minimum absolute atomic E-state index is 0.0324. The number of carboxylic acids is 1. The number of benzene rings is 2. The fourth-order valence-corrected chi connectivity index (χ4v) is 3.68. The highest BCUT2D eigenvalue weighted by molar-refractivity contribution is 6.09. The zero-order chi connectivity index (χ0) is 24.1. The van der Waals surface area contributed by atoms with Crippen molar-refractivity contribution in [1.29, 1.82) is 5.26 Å². The number of nitrogens with one attached hydrogen (secondary N) is 1. The van der Waals surface area contributed by atoms with Gasteiger partial charge in [-0.2, -0.15) is 5.26 Å². The second-order valence-corrected chi connectivity index (χ2v) is 7.55. The number of hydrogen-bond acceptors (Lipinski definition) is 4.